The van der Waals surface area contributed by atoms with Crippen LogP contribution in [0.2, 0.25) is 0 Å². The van der Waals surface area contributed by atoms with Crippen LogP contribution >= 0.6 is 0 Å². The van der Waals surface area contributed by atoms with Gasteiger partial charge in [0.05, 0.1) is 35.7 Å². The molecule has 41 heavy (non-hydrogen) atoms. The molecule has 0 bridgehead atoms. The van der Waals surface area contributed by atoms with Gasteiger partial charge in [0.25, 0.3) is 5.91 Å². The van der Waals surface area contributed by atoms with Gasteiger partial charge in [0.2, 0.25) is 0 Å². The van der Waals surface area contributed by atoms with E-state index in [4.69, 9.17) is 9.72 Å². The lowest BCUT2D eigenvalue weighted by atomic mass is 10.1. The lowest BCUT2D eigenvalue weighted by molar-refractivity contribution is -0.139. The molecule has 1 aliphatic rings. The largest absolute Gasteiger partial charge is 0.480 e. The fourth-order valence-electron chi connectivity index (χ4n) is 4.50. The topological polar surface area (TPSA) is 130 Å². The van der Waals surface area contributed by atoms with E-state index in [0.717, 1.165) is 50.2 Å². The van der Waals surface area contributed by atoms with Crippen molar-refractivity contribution in [2.75, 3.05) is 38.1 Å². The van der Waals surface area contributed by atoms with Crippen molar-refractivity contribution in [2.45, 2.75) is 77.1 Å². The van der Waals surface area contributed by atoms with Crippen molar-refractivity contribution < 1.29 is 32.6 Å². The van der Waals surface area contributed by atoms with Gasteiger partial charge in [-0.2, -0.15) is 23.4 Å². The normalized spacial score (nSPS) is 14.3. The number of pyridine rings is 1. The summed E-state index contributed by atoms with van der Waals surface area (Å²) in [6, 6.07) is 2.79. The first-order chi connectivity index (χ1) is 19.3. The number of hydrogen-bond donors (Lipinski definition) is 3. The van der Waals surface area contributed by atoms with Crippen molar-refractivity contribution in [3.05, 3.63) is 46.9 Å². The zero-order valence-electron chi connectivity index (χ0n) is 23.8. The number of hydrogen-bond acceptors (Lipinski definition) is 8. The second-order valence-electron chi connectivity index (χ2n) is 11.1. The lowest BCUT2D eigenvalue weighted by Gasteiger charge is -2.27. The van der Waals surface area contributed by atoms with Crippen LogP contribution in [0.4, 0.5) is 19.0 Å². The molecule has 0 aliphatic carbocycles. The average molecular weight is 581 g/mol. The predicted octanol–water partition coefficient (Wildman–Crippen LogP) is 3.96. The minimum absolute atomic E-state index is 0.00545. The number of alkyl halides is 3. The summed E-state index contributed by atoms with van der Waals surface area (Å²) in [6.07, 6.45) is 0.910. The molecule has 2 aromatic heterocycles. The fraction of sp³-hybridized carbons (Fsp3) is 0.607. The zero-order chi connectivity index (χ0) is 30.0. The Balaban J connectivity index is 1.57. The van der Waals surface area contributed by atoms with Crippen molar-refractivity contribution in [2.24, 2.45) is 0 Å². The van der Waals surface area contributed by atoms with Crippen LogP contribution in [-0.2, 0) is 28.5 Å². The van der Waals surface area contributed by atoms with Gasteiger partial charge in [-0.05, 0) is 77.5 Å². The first-order valence-corrected chi connectivity index (χ1v) is 13.8. The molecule has 1 aliphatic heterocycles. The van der Waals surface area contributed by atoms with Gasteiger partial charge in [0.1, 0.15) is 11.9 Å². The number of aliphatic carboxylic acids is 1. The molecule has 226 valence electrons. The van der Waals surface area contributed by atoms with Gasteiger partial charge < -0.3 is 25.4 Å². The van der Waals surface area contributed by atoms with Gasteiger partial charge in [0, 0.05) is 25.3 Å². The molecule has 0 saturated heterocycles. The second-order valence-corrected chi connectivity index (χ2v) is 11.1. The highest BCUT2D eigenvalue weighted by Crippen LogP contribution is 2.31. The third-order valence-electron chi connectivity index (χ3n) is 6.67. The van der Waals surface area contributed by atoms with Crippen LogP contribution in [0.3, 0.4) is 0 Å². The lowest BCUT2D eigenvalue weighted by Crippen LogP contribution is -2.44. The van der Waals surface area contributed by atoms with Crippen molar-refractivity contribution >= 4 is 17.7 Å². The average Bonchev–Trinajstić information content (AvgIpc) is 2.91. The van der Waals surface area contributed by atoms with Crippen LogP contribution in [0.15, 0.2) is 24.5 Å². The summed E-state index contributed by atoms with van der Waals surface area (Å²) in [5, 5.41) is 21.8. The highest BCUT2D eigenvalue weighted by atomic mass is 19.4. The maximum absolute atomic E-state index is 13.3. The van der Waals surface area contributed by atoms with E-state index in [1.54, 1.807) is 0 Å². The quantitative estimate of drug-likeness (QED) is 0.284. The smallest absolute Gasteiger partial charge is 0.418 e. The number of nitrogens with zero attached hydrogens (tertiary/aromatic N) is 4. The summed E-state index contributed by atoms with van der Waals surface area (Å²) < 4.78 is 45.8. The molecule has 3 heterocycles. The fourth-order valence-corrected chi connectivity index (χ4v) is 4.50. The third-order valence-corrected chi connectivity index (χ3v) is 6.67. The van der Waals surface area contributed by atoms with Crippen LogP contribution in [-0.4, -0.2) is 81.5 Å². The number of ether oxygens (including phenoxy) is 1. The van der Waals surface area contributed by atoms with E-state index in [-0.39, 0.29) is 12.0 Å². The Morgan fingerprint density at radius 2 is 1.88 bits per heavy atom. The summed E-state index contributed by atoms with van der Waals surface area (Å²) in [5.41, 5.74) is -0.151. The van der Waals surface area contributed by atoms with Crippen LogP contribution in [0, 0.1) is 0 Å². The van der Waals surface area contributed by atoms with Gasteiger partial charge in [-0.3, -0.25) is 4.79 Å². The van der Waals surface area contributed by atoms with Crippen molar-refractivity contribution in [3.8, 4) is 0 Å². The molecule has 3 N–H and O–H groups in total. The molecule has 0 radical (unpaired) electrons. The summed E-state index contributed by atoms with van der Waals surface area (Å²) >= 11 is 0. The maximum atomic E-state index is 13.3. The summed E-state index contributed by atoms with van der Waals surface area (Å²) in [7, 11) is 0. The number of amides is 1. The summed E-state index contributed by atoms with van der Waals surface area (Å²) in [4.78, 5) is 31.3. The number of unbranched alkanes of at least 4 members (excludes halogenated alkanes) is 1. The SMILES string of the molecule is CC(C)(C)OCCN(CCCCc1ccc2c(n1)NCCC2)CCC(NC(=O)c1cnncc1C(F)(F)F)C(=O)O. The van der Waals surface area contributed by atoms with E-state index in [2.05, 4.69) is 33.0 Å². The summed E-state index contributed by atoms with van der Waals surface area (Å²) in [6.45, 7) is 8.66. The Bertz CT molecular complexity index is 1170. The molecule has 10 nitrogen and oxygen atoms in total. The number of halogens is 3. The molecule has 13 heteroatoms. The Morgan fingerprint density at radius 1 is 1.12 bits per heavy atom. The Morgan fingerprint density at radius 3 is 2.59 bits per heavy atom. The third kappa shape index (κ3) is 10.5. The molecular weight excluding hydrogens is 541 g/mol. The van der Waals surface area contributed by atoms with E-state index in [1.165, 1.54) is 5.56 Å². The van der Waals surface area contributed by atoms with Gasteiger partial charge in [0.15, 0.2) is 0 Å². The number of fused-ring (bicyclic) bond motifs is 1. The monoisotopic (exact) mass is 580 g/mol. The molecule has 3 rings (SSSR count). The van der Waals surface area contributed by atoms with Crippen molar-refractivity contribution in [3.63, 3.8) is 0 Å². The van der Waals surface area contributed by atoms with E-state index in [0.29, 0.717) is 38.6 Å². The molecule has 1 amide bonds. The van der Waals surface area contributed by atoms with E-state index in [1.807, 2.05) is 25.7 Å². The highest BCUT2D eigenvalue weighted by molar-refractivity contribution is 5.97. The van der Waals surface area contributed by atoms with Crippen LogP contribution in [0.25, 0.3) is 0 Å². The molecule has 1 atom stereocenters. The Labute approximate surface area is 238 Å². The molecular formula is C28H39F3N6O4. The van der Waals surface area contributed by atoms with Gasteiger partial charge >= 0.3 is 12.1 Å². The van der Waals surface area contributed by atoms with E-state index in [9.17, 15) is 27.9 Å². The number of carboxylic acid groups (broad SMARTS) is 1. The molecule has 0 fully saturated rings. The van der Waals surface area contributed by atoms with Crippen molar-refractivity contribution in [1.29, 1.82) is 0 Å². The Kier molecular flexibility index (Phi) is 11.4. The number of aromatic nitrogens is 3. The maximum Gasteiger partial charge on any atom is 0.418 e. The highest BCUT2D eigenvalue weighted by Gasteiger charge is 2.36. The molecule has 0 spiro atoms. The minimum atomic E-state index is -4.84. The van der Waals surface area contributed by atoms with Crippen LogP contribution in [0.5, 0.6) is 0 Å². The van der Waals surface area contributed by atoms with Crippen LogP contribution in [0.1, 0.15) is 73.6 Å². The molecule has 0 saturated carbocycles. The second kappa shape index (κ2) is 14.5. The van der Waals surface area contributed by atoms with Crippen LogP contribution < -0.4 is 10.6 Å². The molecule has 2 aromatic rings. The Hall–Kier alpha value is -3.32. The van der Waals surface area contributed by atoms with Crippen molar-refractivity contribution in [1.82, 2.24) is 25.4 Å². The van der Waals surface area contributed by atoms with Gasteiger partial charge in [-0.25, -0.2) is 9.78 Å². The number of carboxylic acids is 1. The van der Waals surface area contributed by atoms with E-state index < -0.39 is 35.2 Å². The number of aryl methyl sites for hydroxylation is 2. The number of nitrogens with one attached hydrogen (secondary N) is 2. The zero-order valence-corrected chi connectivity index (χ0v) is 23.8. The number of anilines is 1. The van der Waals surface area contributed by atoms with Gasteiger partial charge in [-0.15, -0.1) is 0 Å². The molecule has 0 aromatic carbocycles. The van der Waals surface area contributed by atoms with E-state index >= 15 is 0 Å². The van der Waals surface area contributed by atoms with Gasteiger partial charge in [-0.1, -0.05) is 6.07 Å². The predicted molar refractivity (Wildman–Crippen MR) is 147 cm³/mol. The summed E-state index contributed by atoms with van der Waals surface area (Å²) in [5.74, 6) is -1.55. The minimum Gasteiger partial charge on any atom is -0.480 e. The number of rotatable bonds is 14. The molecule has 1 unspecified atom stereocenters. The first-order valence-electron chi connectivity index (χ1n) is 13.8. The number of carbonyl (C=O) groups excluding carboxylic acids is 1. The number of carbonyl (C=O) groups is 2. The standard InChI is InChI=1S/C28H39F3N6O4/c1-27(2,3)41-16-15-37(13-5-4-8-20-10-9-19-7-6-12-32-24(19)35-20)14-11-23(26(39)40)36-25(38)21-17-33-34-18-22(21)28(29,30)31/h9-10,17-18,23H,4-8,11-16H2,1-3H3,(H,32,35)(H,36,38)(H,39,40). The first kappa shape index (κ1) is 32.2.